The van der Waals surface area contributed by atoms with Gasteiger partial charge in [0.2, 0.25) is 5.91 Å². The highest BCUT2D eigenvalue weighted by Crippen LogP contribution is 2.45. The van der Waals surface area contributed by atoms with Crippen LogP contribution in [0, 0.1) is 12.3 Å². The zero-order chi connectivity index (χ0) is 18.3. The topological polar surface area (TPSA) is 69.6 Å². The maximum absolute atomic E-state index is 13.2. The predicted molar refractivity (Wildman–Crippen MR) is 96.7 cm³/mol. The highest BCUT2D eigenvalue weighted by atomic mass is 16.5. The number of nitrogens with one attached hydrogen (secondary N) is 1. The van der Waals surface area contributed by atoms with Crippen LogP contribution in [0.5, 0.6) is 0 Å². The minimum Gasteiger partial charge on any atom is -0.338 e. The number of hydroxylamine groups is 1. The summed E-state index contributed by atoms with van der Waals surface area (Å²) in [5, 5.41) is 8.82. The van der Waals surface area contributed by atoms with Gasteiger partial charge in [-0.1, -0.05) is 30.3 Å². The Labute approximate surface area is 152 Å². The summed E-state index contributed by atoms with van der Waals surface area (Å²) in [5.74, 6) is -0.308. The molecule has 0 bridgehead atoms. The second-order valence-electron chi connectivity index (χ2n) is 7.46. The summed E-state index contributed by atoms with van der Waals surface area (Å²) in [6.45, 7) is 3.50. The molecule has 1 spiro atoms. The van der Waals surface area contributed by atoms with Gasteiger partial charge in [-0.2, -0.15) is 0 Å². The SMILES string of the molecule is Cc1ccccc1CN1CC[C@@]2(Cc3ccc(C(=O)NO)cc3C2)C1=O. The van der Waals surface area contributed by atoms with Crippen LogP contribution in [0.15, 0.2) is 42.5 Å². The van der Waals surface area contributed by atoms with Crippen LogP contribution in [-0.2, 0) is 24.2 Å². The zero-order valence-corrected chi connectivity index (χ0v) is 14.8. The number of carbonyl (C=O) groups is 2. The van der Waals surface area contributed by atoms with Crippen LogP contribution >= 0.6 is 0 Å². The normalized spacial score (nSPS) is 21.3. The van der Waals surface area contributed by atoms with Gasteiger partial charge in [-0.25, -0.2) is 5.48 Å². The van der Waals surface area contributed by atoms with Gasteiger partial charge in [0.1, 0.15) is 0 Å². The van der Waals surface area contributed by atoms with Gasteiger partial charge in [0.15, 0.2) is 0 Å². The summed E-state index contributed by atoms with van der Waals surface area (Å²) < 4.78 is 0. The van der Waals surface area contributed by atoms with Crippen molar-refractivity contribution in [2.24, 2.45) is 5.41 Å². The molecule has 26 heavy (non-hydrogen) atoms. The van der Waals surface area contributed by atoms with E-state index >= 15 is 0 Å². The van der Waals surface area contributed by atoms with Crippen molar-refractivity contribution in [3.05, 3.63) is 70.3 Å². The van der Waals surface area contributed by atoms with Crippen molar-refractivity contribution in [3.63, 3.8) is 0 Å². The van der Waals surface area contributed by atoms with Crippen molar-refractivity contribution in [2.45, 2.75) is 32.7 Å². The summed E-state index contributed by atoms with van der Waals surface area (Å²) in [5.41, 5.74) is 6.28. The molecule has 5 nitrogen and oxygen atoms in total. The average Bonchev–Trinajstić information content (AvgIpc) is 3.17. The van der Waals surface area contributed by atoms with Crippen LogP contribution < -0.4 is 5.48 Å². The van der Waals surface area contributed by atoms with Gasteiger partial charge in [0, 0.05) is 18.7 Å². The third-order valence-electron chi connectivity index (χ3n) is 5.85. The molecule has 1 saturated heterocycles. The van der Waals surface area contributed by atoms with E-state index in [-0.39, 0.29) is 11.3 Å². The number of nitrogens with zero attached hydrogens (tertiary/aromatic N) is 1. The molecule has 2 amide bonds. The van der Waals surface area contributed by atoms with Gasteiger partial charge < -0.3 is 4.90 Å². The van der Waals surface area contributed by atoms with Crippen LogP contribution in [0.1, 0.15) is 39.0 Å². The molecule has 2 aromatic carbocycles. The number of carbonyl (C=O) groups excluding carboxylic acids is 2. The molecule has 134 valence electrons. The van der Waals surface area contributed by atoms with Crippen molar-refractivity contribution in [2.75, 3.05) is 6.54 Å². The first-order valence-electron chi connectivity index (χ1n) is 8.92. The minimum absolute atomic E-state index is 0.213. The molecule has 2 N–H and O–H groups in total. The molecule has 4 rings (SSSR count). The number of likely N-dealkylation sites (tertiary alicyclic amines) is 1. The highest BCUT2D eigenvalue weighted by molar-refractivity contribution is 5.94. The van der Waals surface area contributed by atoms with Crippen molar-refractivity contribution in [1.29, 1.82) is 0 Å². The first kappa shape index (κ1) is 16.8. The van der Waals surface area contributed by atoms with Crippen molar-refractivity contribution < 1.29 is 14.8 Å². The fraction of sp³-hybridized carbons (Fsp3) is 0.333. The number of hydrogen-bond donors (Lipinski definition) is 2. The lowest BCUT2D eigenvalue weighted by Crippen LogP contribution is -2.35. The smallest absolute Gasteiger partial charge is 0.274 e. The number of rotatable bonds is 3. The fourth-order valence-corrected chi connectivity index (χ4v) is 4.33. The summed E-state index contributed by atoms with van der Waals surface area (Å²) >= 11 is 0. The molecule has 1 aliphatic carbocycles. The summed E-state index contributed by atoms with van der Waals surface area (Å²) in [7, 11) is 0. The van der Waals surface area contributed by atoms with Gasteiger partial charge >= 0.3 is 0 Å². The quantitative estimate of drug-likeness (QED) is 0.660. The van der Waals surface area contributed by atoms with E-state index < -0.39 is 5.91 Å². The average molecular weight is 350 g/mol. The second-order valence-corrected chi connectivity index (χ2v) is 7.46. The molecule has 1 atom stereocenters. The summed E-state index contributed by atoms with van der Waals surface area (Å²) in [6.07, 6.45) is 2.23. The molecule has 0 unspecified atom stereocenters. The number of aryl methyl sites for hydroxylation is 1. The molecule has 2 aromatic rings. The molecular weight excluding hydrogens is 328 g/mol. The van der Waals surface area contributed by atoms with Gasteiger partial charge in [0.05, 0.1) is 5.41 Å². The van der Waals surface area contributed by atoms with Crippen molar-refractivity contribution in [1.82, 2.24) is 10.4 Å². The Morgan fingerprint density at radius 2 is 1.96 bits per heavy atom. The Balaban J connectivity index is 1.54. The van der Waals surface area contributed by atoms with E-state index in [0.717, 1.165) is 30.5 Å². The van der Waals surface area contributed by atoms with Gasteiger partial charge in [-0.3, -0.25) is 14.8 Å². The van der Waals surface area contributed by atoms with Crippen LogP contribution in [0.2, 0.25) is 0 Å². The van der Waals surface area contributed by atoms with E-state index in [1.807, 2.05) is 23.1 Å². The second kappa shape index (κ2) is 6.25. The van der Waals surface area contributed by atoms with E-state index in [9.17, 15) is 9.59 Å². The van der Waals surface area contributed by atoms with Crippen LogP contribution in [0.3, 0.4) is 0 Å². The van der Waals surface area contributed by atoms with E-state index in [0.29, 0.717) is 18.5 Å². The van der Waals surface area contributed by atoms with E-state index in [4.69, 9.17) is 5.21 Å². The maximum Gasteiger partial charge on any atom is 0.274 e. The first-order chi connectivity index (χ1) is 12.5. The molecular formula is C21H22N2O3. The zero-order valence-electron chi connectivity index (χ0n) is 14.8. The van der Waals surface area contributed by atoms with Crippen molar-refractivity contribution in [3.8, 4) is 0 Å². The lowest BCUT2D eigenvalue weighted by atomic mass is 9.83. The lowest BCUT2D eigenvalue weighted by Gasteiger charge is -2.23. The number of fused-ring (bicyclic) bond motifs is 1. The molecule has 0 saturated carbocycles. The van der Waals surface area contributed by atoms with E-state index in [1.54, 1.807) is 17.6 Å². The Kier molecular flexibility index (Phi) is 4.04. The maximum atomic E-state index is 13.2. The van der Waals surface area contributed by atoms with Gasteiger partial charge in [0.25, 0.3) is 5.91 Å². The highest BCUT2D eigenvalue weighted by Gasteiger charge is 2.50. The van der Waals surface area contributed by atoms with E-state index in [1.165, 1.54) is 11.1 Å². The largest absolute Gasteiger partial charge is 0.338 e. The Morgan fingerprint density at radius 3 is 2.73 bits per heavy atom. The van der Waals surface area contributed by atoms with Crippen LogP contribution in [0.25, 0.3) is 0 Å². The number of amides is 2. The first-order valence-corrected chi connectivity index (χ1v) is 8.92. The molecule has 1 fully saturated rings. The fourth-order valence-electron chi connectivity index (χ4n) is 4.33. The molecule has 2 aliphatic rings. The summed E-state index contributed by atoms with van der Waals surface area (Å²) in [4.78, 5) is 26.8. The number of hydrogen-bond acceptors (Lipinski definition) is 3. The minimum atomic E-state index is -0.521. The number of benzene rings is 2. The standard InChI is InChI=1S/C21H22N2O3/c1-14-4-2-3-5-17(14)13-23-9-8-21(20(23)25)11-16-7-6-15(19(24)22-26)10-18(16)12-21/h2-7,10,26H,8-9,11-13H2,1H3,(H,22,24)/t21-/m0/s1. The molecule has 0 radical (unpaired) electrons. The predicted octanol–water partition coefficient (Wildman–Crippen LogP) is 2.63. The lowest BCUT2D eigenvalue weighted by molar-refractivity contribution is -0.136. The van der Waals surface area contributed by atoms with Gasteiger partial charge in [-0.15, -0.1) is 0 Å². The van der Waals surface area contributed by atoms with E-state index in [2.05, 4.69) is 19.1 Å². The van der Waals surface area contributed by atoms with Crippen LogP contribution in [0.4, 0.5) is 0 Å². The Morgan fingerprint density at radius 1 is 1.19 bits per heavy atom. The van der Waals surface area contributed by atoms with Crippen LogP contribution in [-0.4, -0.2) is 28.5 Å². The molecule has 1 aliphatic heterocycles. The molecule has 1 heterocycles. The Hall–Kier alpha value is -2.66. The van der Waals surface area contributed by atoms with Crippen molar-refractivity contribution >= 4 is 11.8 Å². The monoisotopic (exact) mass is 350 g/mol. The molecule has 0 aromatic heterocycles. The third-order valence-corrected chi connectivity index (χ3v) is 5.85. The third kappa shape index (κ3) is 2.69. The molecule has 5 heteroatoms. The Bertz CT molecular complexity index is 893. The summed E-state index contributed by atoms with van der Waals surface area (Å²) in [6, 6.07) is 13.6. The van der Waals surface area contributed by atoms with Gasteiger partial charge in [-0.05, 0) is 60.6 Å².